The van der Waals surface area contributed by atoms with Crippen LogP contribution in [-0.4, -0.2) is 4.98 Å². The van der Waals surface area contributed by atoms with Crippen molar-refractivity contribution >= 4 is 22.6 Å². The highest BCUT2D eigenvalue weighted by Gasteiger charge is 2.33. The van der Waals surface area contributed by atoms with Crippen molar-refractivity contribution in [2.75, 3.05) is 0 Å². The lowest BCUT2D eigenvalue weighted by Gasteiger charge is -2.10. The Kier molecular flexibility index (Phi) is 3.75. The molecule has 0 aliphatic heterocycles. The highest BCUT2D eigenvalue weighted by atomic mass is 127. The molecule has 2 aromatic rings. The fourth-order valence-electron chi connectivity index (χ4n) is 1.50. The van der Waals surface area contributed by atoms with Crippen molar-refractivity contribution in [3.05, 3.63) is 51.4 Å². The second-order valence-electron chi connectivity index (χ2n) is 3.63. The second-order valence-corrected chi connectivity index (χ2v) is 4.66. The van der Waals surface area contributed by atoms with E-state index in [0.29, 0.717) is 0 Å². The van der Waals surface area contributed by atoms with Crippen molar-refractivity contribution in [2.24, 2.45) is 0 Å². The highest BCUT2D eigenvalue weighted by molar-refractivity contribution is 14.1. The summed E-state index contributed by atoms with van der Waals surface area (Å²) in [6.07, 6.45) is -4.57. The first-order valence-corrected chi connectivity index (χ1v) is 6.06. The quantitative estimate of drug-likeness (QED) is 0.396. The topological polar surface area (TPSA) is 12.9 Å². The molecule has 1 heterocycles. The molecule has 0 amide bonds. The molecule has 0 aliphatic carbocycles. The van der Waals surface area contributed by atoms with Crippen LogP contribution in [0, 0.1) is 15.3 Å². The van der Waals surface area contributed by atoms with Crippen molar-refractivity contribution in [3.8, 4) is 11.1 Å². The van der Waals surface area contributed by atoms with Crippen LogP contribution in [0.15, 0.2) is 30.3 Å². The van der Waals surface area contributed by atoms with Crippen LogP contribution in [0.5, 0.6) is 0 Å². The lowest BCUT2D eigenvalue weighted by Crippen LogP contribution is -2.09. The van der Waals surface area contributed by atoms with E-state index in [1.54, 1.807) is 22.6 Å². The Morgan fingerprint density at radius 3 is 2.21 bits per heavy atom. The van der Waals surface area contributed by atoms with E-state index in [-0.39, 0.29) is 14.8 Å². The molecule has 2 rings (SSSR count). The summed E-state index contributed by atoms with van der Waals surface area (Å²) < 4.78 is 64.0. The normalized spacial score (nSPS) is 11.7. The number of hydrogen-bond donors (Lipinski definition) is 0. The van der Waals surface area contributed by atoms with Gasteiger partial charge in [-0.3, -0.25) is 0 Å². The number of aromatic nitrogens is 1. The summed E-state index contributed by atoms with van der Waals surface area (Å²) in [4.78, 5) is 3.36. The van der Waals surface area contributed by atoms with E-state index in [0.717, 1.165) is 18.2 Å². The molecule has 1 nitrogen and oxygen atoms in total. The zero-order valence-electron chi connectivity index (χ0n) is 9.10. The summed E-state index contributed by atoms with van der Waals surface area (Å²) >= 11 is 1.56. The van der Waals surface area contributed by atoms with E-state index in [1.807, 2.05) is 0 Å². The number of hydrogen-bond acceptors (Lipinski definition) is 1. The third kappa shape index (κ3) is 2.85. The maximum Gasteiger partial charge on any atom is 0.433 e. The van der Waals surface area contributed by atoms with Gasteiger partial charge in [-0.05, 0) is 40.8 Å². The van der Waals surface area contributed by atoms with Gasteiger partial charge in [0.05, 0.1) is 0 Å². The predicted octanol–water partition coefficient (Wildman–Crippen LogP) is 4.65. The molecule has 100 valence electrons. The minimum atomic E-state index is -4.57. The summed E-state index contributed by atoms with van der Waals surface area (Å²) in [5.74, 6) is -2.17. The Morgan fingerprint density at radius 1 is 0.947 bits per heavy atom. The average molecular weight is 385 g/mol. The van der Waals surface area contributed by atoms with Gasteiger partial charge in [-0.2, -0.15) is 13.2 Å². The van der Waals surface area contributed by atoms with Crippen molar-refractivity contribution in [1.82, 2.24) is 4.98 Å². The van der Waals surface area contributed by atoms with Gasteiger partial charge in [0.1, 0.15) is 9.39 Å². The second kappa shape index (κ2) is 5.03. The summed E-state index contributed by atoms with van der Waals surface area (Å²) in [7, 11) is 0. The van der Waals surface area contributed by atoms with Crippen LogP contribution < -0.4 is 0 Å². The first kappa shape index (κ1) is 14.2. The maximum absolute atomic E-state index is 13.6. The summed E-state index contributed by atoms with van der Waals surface area (Å²) in [5.41, 5.74) is -1.08. The molecule has 0 atom stereocenters. The molecule has 0 fully saturated rings. The maximum atomic E-state index is 13.6. The van der Waals surface area contributed by atoms with Crippen molar-refractivity contribution < 1.29 is 22.0 Å². The number of pyridine rings is 1. The summed E-state index contributed by atoms with van der Waals surface area (Å²) in [6, 6.07) is 5.31. The van der Waals surface area contributed by atoms with Gasteiger partial charge in [0.2, 0.25) is 0 Å². The molecular formula is C12H5F5IN. The number of nitrogens with zero attached hydrogens (tertiary/aromatic N) is 1. The Balaban J connectivity index is 2.56. The Morgan fingerprint density at radius 2 is 1.63 bits per heavy atom. The van der Waals surface area contributed by atoms with Gasteiger partial charge in [0.15, 0.2) is 11.6 Å². The van der Waals surface area contributed by atoms with E-state index >= 15 is 0 Å². The van der Waals surface area contributed by atoms with Gasteiger partial charge >= 0.3 is 6.18 Å². The van der Waals surface area contributed by atoms with Crippen LogP contribution in [0.4, 0.5) is 22.0 Å². The molecular weight excluding hydrogens is 380 g/mol. The molecule has 0 N–H and O–H groups in total. The summed E-state index contributed by atoms with van der Waals surface area (Å²) in [6.45, 7) is 0. The van der Waals surface area contributed by atoms with E-state index in [1.165, 1.54) is 12.1 Å². The molecule has 1 aromatic carbocycles. The van der Waals surface area contributed by atoms with Gasteiger partial charge in [-0.15, -0.1) is 0 Å². The molecule has 19 heavy (non-hydrogen) atoms. The van der Waals surface area contributed by atoms with E-state index in [9.17, 15) is 22.0 Å². The van der Waals surface area contributed by atoms with Crippen LogP contribution in [-0.2, 0) is 6.18 Å². The molecule has 0 bridgehead atoms. The fraction of sp³-hybridized carbons (Fsp3) is 0.0833. The van der Waals surface area contributed by atoms with Crippen LogP contribution in [0.2, 0.25) is 0 Å². The monoisotopic (exact) mass is 385 g/mol. The van der Waals surface area contributed by atoms with E-state index < -0.39 is 23.5 Å². The van der Waals surface area contributed by atoms with Crippen LogP contribution in [0.3, 0.4) is 0 Å². The largest absolute Gasteiger partial charge is 0.433 e. The molecule has 0 radical (unpaired) electrons. The van der Waals surface area contributed by atoms with E-state index in [4.69, 9.17) is 0 Å². The molecule has 7 heteroatoms. The standard InChI is InChI=1S/C12H5F5IN/c13-8-3-1-2-6(10(8)14)7-4-5-9(12(15,16)17)19-11(7)18/h1-5H. The molecule has 0 aliphatic rings. The van der Waals surface area contributed by atoms with Gasteiger partial charge in [-0.1, -0.05) is 12.1 Å². The van der Waals surface area contributed by atoms with Crippen LogP contribution in [0.1, 0.15) is 5.69 Å². The third-order valence-corrected chi connectivity index (χ3v) is 3.20. The van der Waals surface area contributed by atoms with Crippen molar-refractivity contribution in [3.63, 3.8) is 0 Å². The van der Waals surface area contributed by atoms with Crippen molar-refractivity contribution in [2.45, 2.75) is 6.18 Å². The van der Waals surface area contributed by atoms with Gasteiger partial charge in [-0.25, -0.2) is 13.8 Å². The zero-order chi connectivity index (χ0) is 14.2. The minimum absolute atomic E-state index is 0.0445. The Bertz CT molecular complexity index is 624. The number of halogens is 6. The first-order valence-electron chi connectivity index (χ1n) is 4.99. The zero-order valence-corrected chi connectivity index (χ0v) is 11.3. The molecule has 0 spiro atoms. The van der Waals surface area contributed by atoms with Crippen molar-refractivity contribution in [1.29, 1.82) is 0 Å². The first-order chi connectivity index (χ1) is 8.80. The number of alkyl halides is 3. The van der Waals surface area contributed by atoms with Gasteiger partial charge in [0, 0.05) is 11.1 Å². The molecule has 1 aromatic heterocycles. The minimum Gasteiger partial charge on any atom is -0.237 e. The average Bonchev–Trinajstić information content (AvgIpc) is 2.32. The Hall–Kier alpha value is -1.25. The fourth-order valence-corrected chi connectivity index (χ4v) is 2.24. The molecule has 0 saturated carbocycles. The number of benzene rings is 1. The third-order valence-electron chi connectivity index (χ3n) is 2.38. The van der Waals surface area contributed by atoms with E-state index in [2.05, 4.69) is 4.98 Å². The van der Waals surface area contributed by atoms with Crippen LogP contribution >= 0.6 is 22.6 Å². The van der Waals surface area contributed by atoms with Gasteiger partial charge < -0.3 is 0 Å². The lowest BCUT2D eigenvalue weighted by atomic mass is 10.1. The number of rotatable bonds is 1. The van der Waals surface area contributed by atoms with Crippen LogP contribution in [0.25, 0.3) is 11.1 Å². The SMILES string of the molecule is Fc1cccc(-c2ccc(C(F)(F)F)nc2I)c1F. The smallest absolute Gasteiger partial charge is 0.237 e. The molecule has 0 saturated heterocycles. The Labute approximate surface area is 118 Å². The van der Waals surface area contributed by atoms with Gasteiger partial charge in [0.25, 0.3) is 0 Å². The highest BCUT2D eigenvalue weighted by Crippen LogP contribution is 2.32. The summed E-state index contributed by atoms with van der Waals surface area (Å²) in [5, 5.41) is 0. The lowest BCUT2D eigenvalue weighted by molar-refractivity contribution is -0.141. The molecule has 0 unspecified atom stereocenters. The predicted molar refractivity (Wildman–Crippen MR) is 67.3 cm³/mol.